The Kier molecular flexibility index (Phi) is 8.78. The zero-order chi connectivity index (χ0) is 12.7. The van der Waals surface area contributed by atoms with Crippen LogP contribution in [-0.2, 0) is 0 Å². The van der Waals surface area contributed by atoms with Crippen molar-refractivity contribution in [2.75, 3.05) is 25.4 Å². The van der Waals surface area contributed by atoms with Crippen molar-refractivity contribution in [3.63, 3.8) is 0 Å². The number of aromatic nitrogens is 2. The first-order valence-corrected chi connectivity index (χ1v) is 6.58. The second kappa shape index (κ2) is 9.18. The minimum Gasteiger partial charge on any atom is -0.410 e. The van der Waals surface area contributed by atoms with Gasteiger partial charge in [-0.3, -0.25) is 0 Å². The van der Waals surface area contributed by atoms with Crippen molar-refractivity contribution in [2.45, 2.75) is 20.8 Å². The molecule has 104 valence electrons. The topological polar surface area (TPSA) is 74.8 Å². The van der Waals surface area contributed by atoms with Crippen LogP contribution < -0.4 is 0 Å². The molecule has 0 saturated heterocycles. The highest BCUT2D eigenvalue weighted by molar-refractivity contribution is 8.14. The lowest BCUT2D eigenvalue weighted by atomic mass is 10.4. The molecule has 8 heteroatoms. The molecule has 0 atom stereocenters. The normalized spacial score (nSPS) is 11.7. The third-order valence-electron chi connectivity index (χ3n) is 2.49. The van der Waals surface area contributed by atoms with E-state index in [1.165, 1.54) is 11.8 Å². The van der Waals surface area contributed by atoms with Crippen LogP contribution in [0.1, 0.15) is 25.2 Å². The Labute approximate surface area is 117 Å². The molecule has 1 heterocycles. The Hall–Kier alpha value is -0.790. The number of hydrogen-bond acceptors (Lipinski definition) is 7. The monoisotopic (exact) mass is 294 g/mol. The molecule has 1 aromatic heterocycles. The summed E-state index contributed by atoms with van der Waals surface area (Å²) in [6, 6.07) is 0. The first kappa shape index (κ1) is 17.2. The first-order chi connectivity index (χ1) is 8.22. The Morgan fingerprint density at radius 2 is 2.06 bits per heavy atom. The molecule has 0 aliphatic rings. The quantitative estimate of drug-likeness (QED) is 0.374. The molecule has 0 unspecified atom stereocenters. The van der Waals surface area contributed by atoms with E-state index in [1.807, 2.05) is 0 Å². The fourth-order valence-corrected chi connectivity index (χ4v) is 2.30. The SMILES string of the molecule is CCN(CC)CCS/C(=N/O)c1nonc1C.Cl. The van der Waals surface area contributed by atoms with Crippen LogP contribution in [0.4, 0.5) is 0 Å². The van der Waals surface area contributed by atoms with Crippen molar-refractivity contribution in [3.8, 4) is 0 Å². The van der Waals surface area contributed by atoms with Gasteiger partial charge in [-0.25, -0.2) is 4.63 Å². The zero-order valence-electron chi connectivity index (χ0n) is 10.8. The van der Waals surface area contributed by atoms with Gasteiger partial charge in [-0.1, -0.05) is 35.9 Å². The number of oxime groups is 1. The number of halogens is 1. The molecule has 1 rings (SSSR count). The van der Waals surface area contributed by atoms with Crippen LogP contribution in [0.15, 0.2) is 9.78 Å². The average Bonchev–Trinajstić information content (AvgIpc) is 2.76. The minimum atomic E-state index is 0. The van der Waals surface area contributed by atoms with Crippen LogP contribution in [-0.4, -0.2) is 50.9 Å². The summed E-state index contributed by atoms with van der Waals surface area (Å²) in [6.45, 7) is 9.01. The summed E-state index contributed by atoms with van der Waals surface area (Å²) >= 11 is 1.45. The molecule has 0 amide bonds. The standard InChI is InChI=1S/C10H18N4O2S.ClH/c1-4-14(5-2)6-7-17-10(11-15)9-8(3)12-16-13-9;/h15H,4-7H2,1-3H3;1H/b11-10+;. The maximum Gasteiger partial charge on any atom is 0.167 e. The number of nitrogens with zero attached hydrogens (tertiary/aromatic N) is 4. The van der Waals surface area contributed by atoms with Gasteiger partial charge in [0.1, 0.15) is 5.69 Å². The highest BCUT2D eigenvalue weighted by atomic mass is 35.5. The van der Waals surface area contributed by atoms with Gasteiger partial charge in [-0.05, 0) is 25.2 Å². The van der Waals surface area contributed by atoms with Gasteiger partial charge in [0.25, 0.3) is 0 Å². The lowest BCUT2D eigenvalue weighted by molar-refractivity contribution is 0.302. The first-order valence-electron chi connectivity index (χ1n) is 5.59. The number of aryl methyl sites for hydroxylation is 1. The summed E-state index contributed by atoms with van der Waals surface area (Å²) in [5.74, 6) is 0.841. The van der Waals surface area contributed by atoms with Crippen LogP contribution in [0.25, 0.3) is 0 Å². The lowest BCUT2D eigenvalue weighted by Crippen LogP contribution is -2.25. The van der Waals surface area contributed by atoms with Gasteiger partial charge in [-0.15, -0.1) is 12.4 Å². The predicted molar refractivity (Wildman–Crippen MR) is 74.9 cm³/mol. The largest absolute Gasteiger partial charge is 0.410 e. The van der Waals surface area contributed by atoms with Gasteiger partial charge in [0, 0.05) is 12.3 Å². The van der Waals surface area contributed by atoms with Gasteiger partial charge < -0.3 is 10.1 Å². The summed E-state index contributed by atoms with van der Waals surface area (Å²) < 4.78 is 4.58. The van der Waals surface area contributed by atoms with E-state index in [0.29, 0.717) is 16.4 Å². The summed E-state index contributed by atoms with van der Waals surface area (Å²) in [5, 5.41) is 20.0. The Balaban J connectivity index is 0.00000289. The second-order valence-corrected chi connectivity index (χ2v) is 4.56. The van der Waals surface area contributed by atoms with Gasteiger partial charge in [-0.2, -0.15) is 0 Å². The molecule has 1 N–H and O–H groups in total. The molecular formula is C10H19ClN4O2S. The fraction of sp³-hybridized carbons (Fsp3) is 0.700. The maximum absolute atomic E-state index is 8.95. The van der Waals surface area contributed by atoms with E-state index >= 15 is 0 Å². The summed E-state index contributed by atoms with van der Waals surface area (Å²) in [5.41, 5.74) is 1.14. The van der Waals surface area contributed by atoms with Crippen molar-refractivity contribution < 1.29 is 9.84 Å². The van der Waals surface area contributed by atoms with Crippen molar-refractivity contribution in [2.24, 2.45) is 5.16 Å². The smallest absolute Gasteiger partial charge is 0.167 e. The van der Waals surface area contributed by atoms with Crippen LogP contribution in [0, 0.1) is 6.92 Å². The predicted octanol–water partition coefficient (Wildman–Crippen LogP) is 2.01. The van der Waals surface area contributed by atoms with Crippen molar-refractivity contribution in [1.82, 2.24) is 15.2 Å². The van der Waals surface area contributed by atoms with Crippen LogP contribution in [0.2, 0.25) is 0 Å². The minimum absolute atomic E-state index is 0. The van der Waals surface area contributed by atoms with Gasteiger partial charge in [0.15, 0.2) is 10.7 Å². The van der Waals surface area contributed by atoms with Crippen LogP contribution >= 0.6 is 24.2 Å². The fourth-order valence-electron chi connectivity index (χ4n) is 1.38. The Morgan fingerprint density at radius 3 is 2.50 bits per heavy atom. The van der Waals surface area contributed by atoms with E-state index < -0.39 is 0 Å². The van der Waals surface area contributed by atoms with Gasteiger partial charge >= 0.3 is 0 Å². The van der Waals surface area contributed by atoms with E-state index in [9.17, 15) is 0 Å². The van der Waals surface area contributed by atoms with E-state index in [2.05, 4.69) is 38.8 Å². The van der Waals surface area contributed by atoms with Crippen molar-refractivity contribution in [1.29, 1.82) is 0 Å². The van der Waals surface area contributed by atoms with E-state index in [1.54, 1.807) is 6.92 Å². The molecule has 0 fully saturated rings. The number of thioether (sulfide) groups is 1. The van der Waals surface area contributed by atoms with E-state index in [0.717, 1.165) is 25.4 Å². The summed E-state index contributed by atoms with van der Waals surface area (Å²) in [4.78, 5) is 2.30. The van der Waals surface area contributed by atoms with Crippen LogP contribution in [0.5, 0.6) is 0 Å². The molecule has 1 aromatic rings. The molecule has 6 nitrogen and oxygen atoms in total. The molecule has 0 aliphatic heterocycles. The third-order valence-corrected chi connectivity index (χ3v) is 3.42. The van der Waals surface area contributed by atoms with Crippen molar-refractivity contribution in [3.05, 3.63) is 11.4 Å². The molecular weight excluding hydrogens is 276 g/mol. The highest BCUT2D eigenvalue weighted by Crippen LogP contribution is 2.14. The maximum atomic E-state index is 8.95. The van der Waals surface area contributed by atoms with Crippen molar-refractivity contribution >= 4 is 29.2 Å². The molecule has 0 radical (unpaired) electrons. The molecule has 0 aliphatic carbocycles. The lowest BCUT2D eigenvalue weighted by Gasteiger charge is -2.17. The molecule has 0 bridgehead atoms. The van der Waals surface area contributed by atoms with E-state index in [4.69, 9.17) is 5.21 Å². The molecule has 0 aromatic carbocycles. The summed E-state index contributed by atoms with van der Waals surface area (Å²) in [7, 11) is 0. The molecule has 0 saturated carbocycles. The molecule has 18 heavy (non-hydrogen) atoms. The molecule has 0 spiro atoms. The second-order valence-electron chi connectivity index (χ2n) is 3.48. The number of hydrogen-bond donors (Lipinski definition) is 1. The highest BCUT2D eigenvalue weighted by Gasteiger charge is 2.14. The summed E-state index contributed by atoms with van der Waals surface area (Å²) in [6.07, 6.45) is 0. The van der Waals surface area contributed by atoms with Crippen LogP contribution in [0.3, 0.4) is 0 Å². The van der Waals surface area contributed by atoms with E-state index in [-0.39, 0.29) is 12.4 Å². The number of rotatable bonds is 6. The Bertz CT molecular complexity index is 369. The third kappa shape index (κ3) is 4.83. The zero-order valence-corrected chi connectivity index (χ0v) is 12.4. The average molecular weight is 295 g/mol. The Morgan fingerprint density at radius 1 is 1.39 bits per heavy atom. The van der Waals surface area contributed by atoms with Gasteiger partial charge in [0.2, 0.25) is 0 Å². The van der Waals surface area contributed by atoms with Gasteiger partial charge in [0.05, 0.1) is 0 Å².